The molecule has 2 atom stereocenters. The Morgan fingerprint density at radius 3 is 2.20 bits per heavy atom. The molecule has 15 heavy (non-hydrogen) atoms. The van der Waals surface area contributed by atoms with Gasteiger partial charge in [-0.1, -0.05) is 13.8 Å². The number of rotatable bonds is 2. The van der Waals surface area contributed by atoms with Gasteiger partial charge in [0.2, 0.25) is 0 Å². The quantitative estimate of drug-likeness (QED) is 0.745. The molecule has 3 aliphatic heterocycles. The predicted octanol–water partition coefficient (Wildman–Crippen LogP) is 1.86. The van der Waals surface area contributed by atoms with E-state index in [0.29, 0.717) is 0 Å². The third kappa shape index (κ3) is 1.83. The summed E-state index contributed by atoms with van der Waals surface area (Å²) in [4.78, 5) is 2.75. The monoisotopic (exact) mass is 208 g/mol. The summed E-state index contributed by atoms with van der Waals surface area (Å²) in [6, 6.07) is 2.62. The lowest BCUT2D eigenvalue weighted by Crippen LogP contribution is -2.57. The minimum atomic E-state index is 0.854. The van der Waals surface area contributed by atoms with Crippen LogP contribution in [0.15, 0.2) is 0 Å². The van der Waals surface area contributed by atoms with E-state index in [2.05, 4.69) is 24.1 Å². The van der Waals surface area contributed by atoms with Crippen LogP contribution in [0.1, 0.15) is 39.5 Å². The molecule has 0 radical (unpaired) electrons. The van der Waals surface area contributed by atoms with Crippen molar-refractivity contribution in [2.45, 2.75) is 57.7 Å². The number of likely N-dealkylation sites (tertiary alicyclic amines) is 1. The Hall–Kier alpha value is -0.0800. The van der Waals surface area contributed by atoms with Gasteiger partial charge in [-0.15, -0.1) is 0 Å². The molecule has 0 aromatic rings. The van der Waals surface area contributed by atoms with Crippen LogP contribution in [0.2, 0.25) is 0 Å². The first-order valence-corrected chi connectivity index (χ1v) is 6.72. The van der Waals surface area contributed by atoms with Gasteiger partial charge in [0.1, 0.15) is 0 Å². The van der Waals surface area contributed by atoms with E-state index in [1.807, 2.05) is 0 Å². The van der Waals surface area contributed by atoms with Crippen molar-refractivity contribution >= 4 is 0 Å². The van der Waals surface area contributed by atoms with E-state index in [9.17, 15) is 0 Å². The molecular weight excluding hydrogens is 184 g/mol. The summed E-state index contributed by atoms with van der Waals surface area (Å²) in [5.74, 6) is 1.87. The van der Waals surface area contributed by atoms with Crippen molar-refractivity contribution in [3.63, 3.8) is 0 Å². The zero-order valence-corrected chi connectivity index (χ0v) is 10.1. The molecule has 0 aliphatic carbocycles. The molecular formula is C13H24N2. The van der Waals surface area contributed by atoms with Crippen LogP contribution >= 0.6 is 0 Å². The van der Waals surface area contributed by atoms with Crippen LogP contribution in [0.3, 0.4) is 0 Å². The van der Waals surface area contributed by atoms with Gasteiger partial charge in [-0.25, -0.2) is 0 Å². The maximum absolute atomic E-state index is 3.73. The zero-order chi connectivity index (χ0) is 10.4. The second-order valence-electron chi connectivity index (χ2n) is 6.22. The molecule has 86 valence electrons. The highest BCUT2D eigenvalue weighted by Crippen LogP contribution is 2.34. The maximum atomic E-state index is 3.73. The van der Waals surface area contributed by atoms with Crippen molar-refractivity contribution in [1.29, 1.82) is 0 Å². The molecule has 3 saturated heterocycles. The molecule has 0 spiro atoms. The highest BCUT2D eigenvalue weighted by molar-refractivity contribution is 4.98. The third-order valence-electron chi connectivity index (χ3n) is 4.85. The topological polar surface area (TPSA) is 15.3 Å². The standard InChI is InChI=1S/C13H24N2/c1-9(2)10-7-15(8-10)13-5-11-3-4-12(6-13)14-11/h9-14H,3-8H2,1-2H3. The molecule has 2 heteroatoms. The molecule has 0 amide bonds. The second-order valence-corrected chi connectivity index (χ2v) is 6.22. The molecule has 2 unspecified atom stereocenters. The van der Waals surface area contributed by atoms with Gasteiger partial charge in [-0.3, -0.25) is 4.90 Å². The van der Waals surface area contributed by atoms with Gasteiger partial charge in [-0.05, 0) is 37.5 Å². The van der Waals surface area contributed by atoms with Crippen molar-refractivity contribution in [3.05, 3.63) is 0 Å². The van der Waals surface area contributed by atoms with E-state index in [-0.39, 0.29) is 0 Å². The van der Waals surface area contributed by atoms with E-state index >= 15 is 0 Å². The zero-order valence-electron chi connectivity index (χ0n) is 10.1. The van der Waals surface area contributed by atoms with Crippen LogP contribution in [0.4, 0.5) is 0 Å². The number of nitrogens with one attached hydrogen (secondary N) is 1. The second kappa shape index (κ2) is 3.74. The molecule has 2 bridgehead atoms. The van der Waals surface area contributed by atoms with Crippen molar-refractivity contribution in [1.82, 2.24) is 10.2 Å². The van der Waals surface area contributed by atoms with Crippen LogP contribution in [0, 0.1) is 11.8 Å². The molecule has 3 fully saturated rings. The van der Waals surface area contributed by atoms with Crippen molar-refractivity contribution in [2.75, 3.05) is 13.1 Å². The Balaban J connectivity index is 1.53. The summed E-state index contributed by atoms with van der Waals surface area (Å²) in [6.45, 7) is 7.49. The van der Waals surface area contributed by atoms with Crippen molar-refractivity contribution < 1.29 is 0 Å². The summed E-state index contributed by atoms with van der Waals surface area (Å²) in [5.41, 5.74) is 0. The summed E-state index contributed by atoms with van der Waals surface area (Å²) in [7, 11) is 0. The van der Waals surface area contributed by atoms with Gasteiger partial charge >= 0.3 is 0 Å². The highest BCUT2D eigenvalue weighted by Gasteiger charge is 2.40. The van der Waals surface area contributed by atoms with E-state index in [4.69, 9.17) is 0 Å². The Morgan fingerprint density at radius 2 is 1.67 bits per heavy atom. The number of fused-ring (bicyclic) bond motifs is 2. The maximum Gasteiger partial charge on any atom is 0.0125 e. The van der Waals surface area contributed by atoms with Gasteiger partial charge in [0, 0.05) is 31.2 Å². The van der Waals surface area contributed by atoms with Gasteiger partial charge in [0.05, 0.1) is 0 Å². The Kier molecular flexibility index (Phi) is 2.52. The van der Waals surface area contributed by atoms with E-state index in [1.165, 1.54) is 38.8 Å². The van der Waals surface area contributed by atoms with Crippen LogP contribution in [-0.4, -0.2) is 36.1 Å². The summed E-state index contributed by atoms with van der Waals surface area (Å²) in [6.07, 6.45) is 5.70. The smallest absolute Gasteiger partial charge is 0.0125 e. The van der Waals surface area contributed by atoms with Gasteiger partial charge in [-0.2, -0.15) is 0 Å². The molecule has 3 rings (SSSR count). The first kappa shape index (κ1) is 10.1. The molecule has 2 nitrogen and oxygen atoms in total. The number of hydrogen-bond acceptors (Lipinski definition) is 2. The minimum Gasteiger partial charge on any atom is -0.311 e. The van der Waals surface area contributed by atoms with Crippen LogP contribution in [0.5, 0.6) is 0 Å². The normalized spacial score (nSPS) is 42.2. The summed E-state index contributed by atoms with van der Waals surface area (Å²) in [5, 5.41) is 3.73. The molecule has 0 aromatic carbocycles. The highest BCUT2D eigenvalue weighted by atomic mass is 15.2. The Morgan fingerprint density at radius 1 is 1.07 bits per heavy atom. The lowest BCUT2D eigenvalue weighted by Gasteiger charge is -2.48. The fourth-order valence-corrected chi connectivity index (χ4v) is 3.59. The van der Waals surface area contributed by atoms with Gasteiger partial charge in [0.15, 0.2) is 0 Å². The predicted molar refractivity (Wildman–Crippen MR) is 62.9 cm³/mol. The lowest BCUT2D eigenvalue weighted by molar-refractivity contribution is 0.00892. The number of hydrogen-bond donors (Lipinski definition) is 1. The van der Waals surface area contributed by atoms with Crippen LogP contribution in [0.25, 0.3) is 0 Å². The number of nitrogens with zero attached hydrogens (tertiary/aromatic N) is 1. The molecule has 0 saturated carbocycles. The van der Waals surface area contributed by atoms with Crippen LogP contribution < -0.4 is 5.32 Å². The Bertz CT molecular complexity index is 221. The van der Waals surface area contributed by atoms with Gasteiger partial charge < -0.3 is 5.32 Å². The van der Waals surface area contributed by atoms with Crippen LogP contribution in [-0.2, 0) is 0 Å². The molecule has 1 N–H and O–H groups in total. The van der Waals surface area contributed by atoms with Gasteiger partial charge in [0.25, 0.3) is 0 Å². The first-order chi connectivity index (χ1) is 7.22. The summed E-state index contributed by atoms with van der Waals surface area (Å²) < 4.78 is 0. The van der Waals surface area contributed by atoms with E-state index in [1.54, 1.807) is 0 Å². The average Bonchev–Trinajstić information content (AvgIpc) is 2.42. The SMILES string of the molecule is CC(C)C1CN(C2CC3CCC(C2)N3)C1. The summed E-state index contributed by atoms with van der Waals surface area (Å²) >= 11 is 0. The number of piperidine rings is 1. The van der Waals surface area contributed by atoms with E-state index in [0.717, 1.165) is 30.0 Å². The van der Waals surface area contributed by atoms with Crippen molar-refractivity contribution in [3.8, 4) is 0 Å². The van der Waals surface area contributed by atoms with Crippen molar-refractivity contribution in [2.24, 2.45) is 11.8 Å². The molecule has 0 aromatic heterocycles. The molecule has 3 heterocycles. The fourth-order valence-electron chi connectivity index (χ4n) is 3.59. The largest absolute Gasteiger partial charge is 0.311 e. The van der Waals surface area contributed by atoms with E-state index < -0.39 is 0 Å². The fraction of sp³-hybridized carbons (Fsp3) is 1.00. The minimum absolute atomic E-state index is 0.854. The first-order valence-electron chi connectivity index (χ1n) is 6.72. The lowest BCUT2D eigenvalue weighted by atomic mass is 9.85. The third-order valence-corrected chi connectivity index (χ3v) is 4.85. The Labute approximate surface area is 93.4 Å². The average molecular weight is 208 g/mol. The molecule has 3 aliphatic rings.